The Labute approximate surface area is 96.8 Å². The summed E-state index contributed by atoms with van der Waals surface area (Å²) in [6.45, 7) is 1.94. The van der Waals surface area contributed by atoms with E-state index in [9.17, 15) is 9.59 Å². The number of benzene rings is 1. The second-order valence-electron chi connectivity index (χ2n) is 3.46. The molecule has 0 fully saturated rings. The summed E-state index contributed by atoms with van der Waals surface area (Å²) in [5, 5.41) is 0.511. The molecule has 1 aromatic carbocycles. The van der Waals surface area contributed by atoms with Gasteiger partial charge in [-0.15, -0.1) is 0 Å². The fourth-order valence-electron chi connectivity index (χ4n) is 1.56. The van der Waals surface area contributed by atoms with E-state index in [0.29, 0.717) is 11.1 Å². The van der Waals surface area contributed by atoms with Crippen molar-refractivity contribution in [3.05, 3.63) is 40.2 Å². The Morgan fingerprint density at radius 1 is 1.41 bits per heavy atom. The van der Waals surface area contributed by atoms with Crippen molar-refractivity contribution in [2.45, 2.75) is 6.92 Å². The van der Waals surface area contributed by atoms with Gasteiger partial charge in [-0.1, -0.05) is 0 Å². The van der Waals surface area contributed by atoms with Crippen LogP contribution in [0.3, 0.4) is 0 Å². The fraction of sp³-hybridized carbons (Fsp3) is 0.167. The molecule has 1 heterocycles. The summed E-state index contributed by atoms with van der Waals surface area (Å²) in [6.07, 6.45) is 0. The van der Waals surface area contributed by atoms with Crippen molar-refractivity contribution in [2.24, 2.45) is 0 Å². The third-order valence-corrected chi connectivity index (χ3v) is 2.26. The van der Waals surface area contributed by atoms with Crippen molar-refractivity contribution in [2.75, 3.05) is 12.3 Å². The number of carbonyl (C=O) groups excluding carboxylic acids is 1. The van der Waals surface area contributed by atoms with Crippen LogP contribution in [-0.2, 0) is 4.74 Å². The van der Waals surface area contributed by atoms with Crippen LogP contribution in [0, 0.1) is 0 Å². The molecule has 17 heavy (non-hydrogen) atoms. The zero-order chi connectivity index (χ0) is 12.4. The van der Waals surface area contributed by atoms with Crippen LogP contribution >= 0.6 is 0 Å². The first-order chi connectivity index (χ1) is 8.11. The molecule has 0 aliphatic rings. The molecule has 0 bridgehead atoms. The van der Waals surface area contributed by atoms with Crippen molar-refractivity contribution < 1.29 is 13.9 Å². The average Bonchev–Trinajstić information content (AvgIpc) is 2.27. The summed E-state index contributed by atoms with van der Waals surface area (Å²) in [5.74, 6) is -0.546. The van der Waals surface area contributed by atoms with Gasteiger partial charge in [0.2, 0.25) is 0 Å². The Kier molecular flexibility index (Phi) is 2.82. The lowest BCUT2D eigenvalue weighted by atomic mass is 10.1. The third-order valence-electron chi connectivity index (χ3n) is 2.26. The molecule has 88 valence electrons. The normalized spacial score (nSPS) is 10.4. The van der Waals surface area contributed by atoms with Gasteiger partial charge in [-0.25, -0.2) is 9.59 Å². The van der Waals surface area contributed by atoms with Crippen LogP contribution in [0.5, 0.6) is 0 Å². The molecule has 0 atom stereocenters. The molecule has 5 heteroatoms. The number of hydrogen-bond acceptors (Lipinski definition) is 5. The third kappa shape index (κ3) is 2.13. The van der Waals surface area contributed by atoms with E-state index in [-0.39, 0.29) is 17.8 Å². The Hall–Kier alpha value is -2.30. The SMILES string of the molecule is CCOC(=O)c1cc(=O)oc2cc(N)ccc12. The van der Waals surface area contributed by atoms with Crippen molar-refractivity contribution in [1.82, 2.24) is 0 Å². The van der Waals surface area contributed by atoms with Gasteiger partial charge in [0.25, 0.3) is 0 Å². The van der Waals surface area contributed by atoms with Gasteiger partial charge in [-0.2, -0.15) is 0 Å². The Morgan fingerprint density at radius 2 is 2.18 bits per heavy atom. The average molecular weight is 233 g/mol. The van der Waals surface area contributed by atoms with Gasteiger partial charge < -0.3 is 14.9 Å². The van der Waals surface area contributed by atoms with Gasteiger partial charge in [0, 0.05) is 23.2 Å². The molecule has 0 saturated carbocycles. The highest BCUT2D eigenvalue weighted by molar-refractivity contribution is 6.03. The summed E-state index contributed by atoms with van der Waals surface area (Å²) in [5.41, 5.74) is 5.91. The zero-order valence-corrected chi connectivity index (χ0v) is 9.23. The molecular weight excluding hydrogens is 222 g/mol. The second kappa shape index (κ2) is 4.29. The van der Waals surface area contributed by atoms with E-state index in [0.717, 1.165) is 6.07 Å². The van der Waals surface area contributed by atoms with E-state index in [4.69, 9.17) is 14.9 Å². The quantitative estimate of drug-likeness (QED) is 0.483. The highest BCUT2D eigenvalue weighted by Gasteiger charge is 2.13. The minimum atomic E-state index is -0.605. The van der Waals surface area contributed by atoms with E-state index < -0.39 is 11.6 Å². The van der Waals surface area contributed by atoms with Gasteiger partial charge in [-0.3, -0.25) is 0 Å². The van der Waals surface area contributed by atoms with Gasteiger partial charge in [0.05, 0.1) is 12.2 Å². The molecule has 2 rings (SSSR count). The van der Waals surface area contributed by atoms with Crippen LogP contribution in [0.2, 0.25) is 0 Å². The van der Waals surface area contributed by atoms with E-state index in [1.165, 1.54) is 6.07 Å². The predicted molar refractivity (Wildman–Crippen MR) is 62.9 cm³/mol. The van der Waals surface area contributed by atoms with Crippen LogP contribution < -0.4 is 11.4 Å². The van der Waals surface area contributed by atoms with E-state index in [2.05, 4.69) is 0 Å². The number of esters is 1. The summed E-state index contributed by atoms with van der Waals surface area (Å²) >= 11 is 0. The van der Waals surface area contributed by atoms with Crippen LogP contribution in [0.15, 0.2) is 33.5 Å². The summed E-state index contributed by atoms with van der Waals surface area (Å²) in [4.78, 5) is 23.0. The van der Waals surface area contributed by atoms with Crippen molar-refractivity contribution >= 4 is 22.6 Å². The number of nitrogens with two attached hydrogens (primary N) is 1. The van der Waals surface area contributed by atoms with Crippen LogP contribution in [0.4, 0.5) is 5.69 Å². The van der Waals surface area contributed by atoms with E-state index >= 15 is 0 Å². The summed E-state index contributed by atoms with van der Waals surface area (Å²) in [7, 11) is 0. The largest absolute Gasteiger partial charge is 0.462 e. The van der Waals surface area contributed by atoms with Crippen molar-refractivity contribution in [3.63, 3.8) is 0 Å². The molecule has 0 aliphatic heterocycles. The molecule has 0 amide bonds. The maximum Gasteiger partial charge on any atom is 0.339 e. The molecule has 0 aliphatic carbocycles. The lowest BCUT2D eigenvalue weighted by Crippen LogP contribution is -2.10. The molecule has 0 radical (unpaired) electrons. The Balaban J connectivity index is 2.70. The molecular formula is C12H11NO4. The Bertz CT molecular complexity index is 630. The number of ether oxygens (including phenoxy) is 1. The fourth-order valence-corrected chi connectivity index (χ4v) is 1.56. The molecule has 0 unspecified atom stereocenters. The smallest absolute Gasteiger partial charge is 0.339 e. The number of fused-ring (bicyclic) bond motifs is 1. The minimum Gasteiger partial charge on any atom is -0.462 e. The number of anilines is 1. The second-order valence-corrected chi connectivity index (χ2v) is 3.46. The standard InChI is InChI=1S/C12H11NO4/c1-2-16-12(15)9-6-11(14)17-10-5-7(13)3-4-8(9)10/h3-6H,2,13H2,1H3. The zero-order valence-electron chi connectivity index (χ0n) is 9.23. The molecule has 1 aromatic heterocycles. The van der Waals surface area contributed by atoms with Crippen LogP contribution in [-0.4, -0.2) is 12.6 Å². The number of nitrogen functional groups attached to an aromatic ring is 1. The van der Waals surface area contributed by atoms with Gasteiger partial charge in [0.15, 0.2) is 0 Å². The van der Waals surface area contributed by atoms with Crippen LogP contribution in [0.25, 0.3) is 11.0 Å². The van der Waals surface area contributed by atoms with Gasteiger partial charge in [0.1, 0.15) is 5.58 Å². The molecule has 0 spiro atoms. The van der Waals surface area contributed by atoms with Crippen molar-refractivity contribution in [3.8, 4) is 0 Å². The maximum absolute atomic E-state index is 11.7. The topological polar surface area (TPSA) is 82.5 Å². The van der Waals surface area contributed by atoms with Gasteiger partial charge >= 0.3 is 11.6 Å². The first-order valence-corrected chi connectivity index (χ1v) is 5.12. The lowest BCUT2D eigenvalue weighted by Gasteiger charge is -2.05. The van der Waals surface area contributed by atoms with E-state index in [1.807, 2.05) is 0 Å². The lowest BCUT2D eigenvalue weighted by molar-refractivity contribution is 0.0528. The summed E-state index contributed by atoms with van der Waals surface area (Å²) in [6, 6.07) is 5.88. The highest BCUT2D eigenvalue weighted by atomic mass is 16.5. The number of rotatable bonds is 2. The molecule has 0 saturated heterocycles. The highest BCUT2D eigenvalue weighted by Crippen LogP contribution is 2.20. The Morgan fingerprint density at radius 3 is 2.88 bits per heavy atom. The van der Waals surface area contributed by atoms with Crippen molar-refractivity contribution in [1.29, 1.82) is 0 Å². The first-order valence-electron chi connectivity index (χ1n) is 5.12. The molecule has 2 aromatic rings. The minimum absolute atomic E-state index is 0.193. The number of hydrogen-bond donors (Lipinski definition) is 1. The van der Waals surface area contributed by atoms with Crippen LogP contribution in [0.1, 0.15) is 17.3 Å². The summed E-state index contributed by atoms with van der Waals surface area (Å²) < 4.78 is 9.84. The maximum atomic E-state index is 11.7. The monoisotopic (exact) mass is 233 g/mol. The van der Waals surface area contributed by atoms with Gasteiger partial charge in [-0.05, 0) is 19.1 Å². The number of carbonyl (C=O) groups is 1. The first kappa shape index (κ1) is 11.2. The predicted octanol–water partition coefficient (Wildman–Crippen LogP) is 1.55. The van der Waals surface area contributed by atoms with E-state index in [1.54, 1.807) is 19.1 Å². The molecule has 5 nitrogen and oxygen atoms in total. The molecule has 2 N–H and O–H groups in total.